The van der Waals surface area contributed by atoms with Crippen molar-refractivity contribution in [2.75, 3.05) is 19.6 Å². The van der Waals surface area contributed by atoms with Gasteiger partial charge in [-0.25, -0.2) is 0 Å². The van der Waals surface area contributed by atoms with Crippen LogP contribution in [-0.2, 0) is 0 Å². The molecule has 0 aliphatic carbocycles. The van der Waals surface area contributed by atoms with Crippen LogP contribution in [0.15, 0.2) is 0 Å². The number of aliphatic hydroxyl groups is 1. The summed E-state index contributed by atoms with van der Waals surface area (Å²) in [6.45, 7) is 7.37. The Morgan fingerprint density at radius 1 is 1.58 bits per heavy atom. The first kappa shape index (κ1) is 10.0. The zero-order valence-corrected chi connectivity index (χ0v) is 8.29. The molecule has 2 nitrogen and oxygen atoms in total. The highest BCUT2D eigenvalue weighted by atomic mass is 16.3. The summed E-state index contributed by atoms with van der Waals surface area (Å²) in [5.74, 6) is 0.897. The van der Waals surface area contributed by atoms with Gasteiger partial charge in [0.05, 0.1) is 6.10 Å². The van der Waals surface area contributed by atoms with Gasteiger partial charge in [-0.3, -0.25) is 0 Å². The fourth-order valence-corrected chi connectivity index (χ4v) is 2.10. The smallest absolute Gasteiger partial charge is 0.0639 e. The normalized spacial score (nSPS) is 27.8. The van der Waals surface area contributed by atoms with E-state index in [1.165, 1.54) is 32.4 Å². The summed E-state index contributed by atoms with van der Waals surface area (Å²) in [6, 6.07) is 0. The minimum absolute atomic E-state index is 0.162. The molecule has 1 heterocycles. The summed E-state index contributed by atoms with van der Waals surface area (Å²) < 4.78 is 0. The summed E-state index contributed by atoms with van der Waals surface area (Å²) in [5.41, 5.74) is 0. The molecular formula is C10H21NO. The lowest BCUT2D eigenvalue weighted by Crippen LogP contribution is -2.28. The van der Waals surface area contributed by atoms with Crippen LogP contribution in [0, 0.1) is 5.92 Å². The average molecular weight is 171 g/mol. The summed E-state index contributed by atoms with van der Waals surface area (Å²) >= 11 is 0. The Labute approximate surface area is 75.6 Å². The van der Waals surface area contributed by atoms with E-state index in [0.29, 0.717) is 0 Å². The van der Waals surface area contributed by atoms with Gasteiger partial charge in [0.15, 0.2) is 0 Å². The standard InChI is InChI=1S/C10H21NO/c1-3-4-10-5-6-11(8-10)7-9(2)12/h9-10,12H,3-8H2,1-2H3/t9-,10?/m0/s1. The van der Waals surface area contributed by atoms with Crippen molar-refractivity contribution in [3.63, 3.8) is 0 Å². The second-order valence-electron chi connectivity index (χ2n) is 4.05. The van der Waals surface area contributed by atoms with Gasteiger partial charge < -0.3 is 10.0 Å². The molecule has 1 rings (SSSR count). The summed E-state index contributed by atoms with van der Waals surface area (Å²) in [6.07, 6.45) is 3.83. The molecule has 0 aromatic rings. The van der Waals surface area contributed by atoms with Crippen LogP contribution >= 0.6 is 0 Å². The second-order valence-corrected chi connectivity index (χ2v) is 4.05. The molecule has 1 N–H and O–H groups in total. The zero-order valence-electron chi connectivity index (χ0n) is 8.29. The van der Waals surface area contributed by atoms with Crippen LogP contribution in [-0.4, -0.2) is 35.7 Å². The number of hydrogen-bond acceptors (Lipinski definition) is 2. The average Bonchev–Trinajstić information content (AvgIpc) is 2.36. The molecule has 0 aromatic carbocycles. The minimum atomic E-state index is -0.162. The van der Waals surface area contributed by atoms with E-state index in [0.717, 1.165) is 12.5 Å². The third kappa shape index (κ3) is 3.11. The molecule has 2 heteroatoms. The van der Waals surface area contributed by atoms with Crippen LogP contribution in [0.5, 0.6) is 0 Å². The summed E-state index contributed by atoms with van der Waals surface area (Å²) in [4.78, 5) is 2.38. The van der Waals surface area contributed by atoms with Gasteiger partial charge in [-0.15, -0.1) is 0 Å². The molecule has 0 aromatic heterocycles. The Balaban J connectivity index is 2.16. The van der Waals surface area contributed by atoms with E-state index in [-0.39, 0.29) is 6.10 Å². The summed E-state index contributed by atoms with van der Waals surface area (Å²) in [7, 11) is 0. The van der Waals surface area contributed by atoms with Crippen LogP contribution < -0.4 is 0 Å². The Hall–Kier alpha value is -0.0800. The number of nitrogens with zero attached hydrogens (tertiary/aromatic N) is 1. The lowest BCUT2D eigenvalue weighted by atomic mass is 10.0. The molecule has 0 radical (unpaired) electrons. The lowest BCUT2D eigenvalue weighted by molar-refractivity contribution is 0.138. The first-order valence-corrected chi connectivity index (χ1v) is 5.12. The molecule has 1 saturated heterocycles. The van der Waals surface area contributed by atoms with Gasteiger partial charge in [0.25, 0.3) is 0 Å². The number of likely N-dealkylation sites (tertiary alicyclic amines) is 1. The van der Waals surface area contributed by atoms with Gasteiger partial charge in [0.2, 0.25) is 0 Å². The second kappa shape index (κ2) is 4.83. The Kier molecular flexibility index (Phi) is 4.02. The molecule has 0 saturated carbocycles. The predicted octanol–water partition coefficient (Wildman–Crippen LogP) is 1.49. The molecule has 0 spiro atoms. The largest absolute Gasteiger partial charge is 0.392 e. The molecule has 1 unspecified atom stereocenters. The van der Waals surface area contributed by atoms with Gasteiger partial charge in [-0.2, -0.15) is 0 Å². The van der Waals surface area contributed by atoms with Crippen molar-refractivity contribution in [3.05, 3.63) is 0 Å². The molecule has 0 bridgehead atoms. The SMILES string of the molecule is CCCC1CCN(C[C@H](C)O)C1. The van der Waals surface area contributed by atoms with E-state index < -0.39 is 0 Å². The molecule has 0 amide bonds. The predicted molar refractivity (Wildman–Crippen MR) is 51.1 cm³/mol. The maximum absolute atomic E-state index is 9.19. The monoisotopic (exact) mass is 171 g/mol. The molecule has 1 aliphatic heterocycles. The van der Waals surface area contributed by atoms with Crippen molar-refractivity contribution in [1.29, 1.82) is 0 Å². The molecule has 12 heavy (non-hydrogen) atoms. The van der Waals surface area contributed by atoms with Gasteiger partial charge in [-0.1, -0.05) is 13.3 Å². The quantitative estimate of drug-likeness (QED) is 0.692. The molecule has 1 aliphatic rings. The van der Waals surface area contributed by atoms with Crippen LogP contribution in [0.25, 0.3) is 0 Å². The van der Waals surface area contributed by atoms with E-state index in [1.54, 1.807) is 0 Å². The lowest BCUT2D eigenvalue weighted by Gasteiger charge is -2.17. The highest BCUT2D eigenvalue weighted by Crippen LogP contribution is 2.20. The van der Waals surface area contributed by atoms with Gasteiger partial charge in [-0.05, 0) is 32.2 Å². The first-order valence-electron chi connectivity index (χ1n) is 5.12. The van der Waals surface area contributed by atoms with E-state index in [4.69, 9.17) is 0 Å². The van der Waals surface area contributed by atoms with Crippen LogP contribution in [0.2, 0.25) is 0 Å². The van der Waals surface area contributed by atoms with Crippen LogP contribution in [0.1, 0.15) is 33.1 Å². The summed E-state index contributed by atoms with van der Waals surface area (Å²) in [5, 5.41) is 9.19. The van der Waals surface area contributed by atoms with E-state index >= 15 is 0 Å². The fourth-order valence-electron chi connectivity index (χ4n) is 2.10. The number of β-amino-alcohol motifs (C(OH)–C–C–N with tert-alkyl or cyclic N) is 1. The van der Waals surface area contributed by atoms with E-state index in [2.05, 4.69) is 11.8 Å². The highest BCUT2D eigenvalue weighted by molar-refractivity contribution is 4.76. The zero-order chi connectivity index (χ0) is 8.97. The highest BCUT2D eigenvalue weighted by Gasteiger charge is 2.21. The van der Waals surface area contributed by atoms with Crippen molar-refractivity contribution in [2.24, 2.45) is 5.92 Å². The van der Waals surface area contributed by atoms with Crippen molar-refractivity contribution in [1.82, 2.24) is 4.90 Å². The molecule has 2 atom stereocenters. The van der Waals surface area contributed by atoms with Gasteiger partial charge in [0, 0.05) is 13.1 Å². The number of rotatable bonds is 4. The van der Waals surface area contributed by atoms with E-state index in [1.807, 2.05) is 6.92 Å². The molecule has 72 valence electrons. The fraction of sp³-hybridized carbons (Fsp3) is 1.00. The maximum atomic E-state index is 9.19. The third-order valence-electron chi connectivity index (χ3n) is 2.59. The van der Waals surface area contributed by atoms with Crippen molar-refractivity contribution >= 4 is 0 Å². The van der Waals surface area contributed by atoms with Crippen molar-refractivity contribution in [3.8, 4) is 0 Å². The number of aliphatic hydroxyl groups excluding tert-OH is 1. The maximum Gasteiger partial charge on any atom is 0.0639 e. The Morgan fingerprint density at radius 3 is 2.92 bits per heavy atom. The molecular weight excluding hydrogens is 150 g/mol. The third-order valence-corrected chi connectivity index (χ3v) is 2.59. The Bertz CT molecular complexity index is 125. The van der Waals surface area contributed by atoms with Crippen LogP contribution in [0.3, 0.4) is 0 Å². The molecule has 1 fully saturated rings. The van der Waals surface area contributed by atoms with Gasteiger partial charge >= 0.3 is 0 Å². The van der Waals surface area contributed by atoms with E-state index in [9.17, 15) is 5.11 Å². The van der Waals surface area contributed by atoms with Crippen molar-refractivity contribution in [2.45, 2.75) is 39.2 Å². The minimum Gasteiger partial charge on any atom is -0.392 e. The van der Waals surface area contributed by atoms with Gasteiger partial charge in [0.1, 0.15) is 0 Å². The Morgan fingerprint density at radius 2 is 2.33 bits per heavy atom. The van der Waals surface area contributed by atoms with Crippen molar-refractivity contribution < 1.29 is 5.11 Å². The number of hydrogen-bond donors (Lipinski definition) is 1. The van der Waals surface area contributed by atoms with Crippen LogP contribution in [0.4, 0.5) is 0 Å². The topological polar surface area (TPSA) is 23.5 Å². The first-order chi connectivity index (χ1) is 5.72.